The fourth-order valence-corrected chi connectivity index (χ4v) is 1.15. The molecule has 1 aromatic rings. The van der Waals surface area contributed by atoms with Crippen LogP contribution in [0, 0.1) is 5.92 Å². The lowest BCUT2D eigenvalue weighted by molar-refractivity contribution is -0.124. The van der Waals surface area contributed by atoms with Gasteiger partial charge in [0.1, 0.15) is 18.6 Å². The Bertz CT molecular complexity index is 319. The largest absolute Gasteiger partial charge is 0.486 e. The van der Waals surface area contributed by atoms with E-state index in [2.05, 4.69) is 0 Å². The summed E-state index contributed by atoms with van der Waals surface area (Å²) in [6.07, 6.45) is 1.02. The van der Waals surface area contributed by atoms with E-state index in [-0.39, 0.29) is 24.7 Å². The molecule has 0 spiro atoms. The maximum absolute atomic E-state index is 11.3. The van der Waals surface area contributed by atoms with E-state index in [1.165, 1.54) is 0 Å². The maximum atomic E-state index is 11.3. The van der Waals surface area contributed by atoms with Crippen LogP contribution < -0.4 is 4.74 Å². The Labute approximate surface area is 89.1 Å². The number of hydrogen-bond acceptors (Lipinski definition) is 3. The molecular formula is C12H14O3. The summed E-state index contributed by atoms with van der Waals surface area (Å²) < 4.78 is 5.25. The highest BCUT2D eigenvalue weighted by atomic mass is 16.5. The number of Topliss-reactive ketones (excluding diaryl/α,β-unsaturated/α-hetero) is 1. The van der Waals surface area contributed by atoms with Crippen molar-refractivity contribution in [2.45, 2.75) is 13.3 Å². The van der Waals surface area contributed by atoms with Crippen molar-refractivity contribution in [2.75, 3.05) is 6.61 Å². The van der Waals surface area contributed by atoms with Gasteiger partial charge in [-0.2, -0.15) is 0 Å². The minimum absolute atomic E-state index is 0.0300. The van der Waals surface area contributed by atoms with E-state index in [4.69, 9.17) is 4.74 Å². The smallest absolute Gasteiger partial charge is 0.170 e. The summed E-state index contributed by atoms with van der Waals surface area (Å²) in [7, 11) is 0. The number of ether oxygens (including phenoxy) is 1. The molecule has 15 heavy (non-hydrogen) atoms. The van der Waals surface area contributed by atoms with Crippen LogP contribution in [-0.2, 0) is 9.59 Å². The van der Waals surface area contributed by atoms with Crippen LogP contribution in [0.25, 0.3) is 0 Å². The number of carbonyl (C=O) groups is 2. The normalized spacial score (nSPS) is 11.8. The van der Waals surface area contributed by atoms with Crippen molar-refractivity contribution in [3.05, 3.63) is 30.3 Å². The quantitative estimate of drug-likeness (QED) is 0.667. The lowest BCUT2D eigenvalue weighted by Gasteiger charge is -2.05. The fourth-order valence-electron chi connectivity index (χ4n) is 1.15. The first-order chi connectivity index (χ1) is 7.22. The number of carbonyl (C=O) groups excluding carboxylic acids is 2. The van der Waals surface area contributed by atoms with Crippen molar-refractivity contribution in [3.63, 3.8) is 0 Å². The summed E-state index contributed by atoms with van der Waals surface area (Å²) in [6, 6.07) is 9.14. The van der Waals surface area contributed by atoms with Gasteiger partial charge < -0.3 is 9.53 Å². The lowest BCUT2D eigenvalue weighted by Crippen LogP contribution is -2.14. The Morgan fingerprint density at radius 3 is 2.67 bits per heavy atom. The van der Waals surface area contributed by atoms with Crippen LogP contribution in [0.5, 0.6) is 5.75 Å². The molecular weight excluding hydrogens is 192 g/mol. The second-order valence-corrected chi connectivity index (χ2v) is 3.46. The van der Waals surface area contributed by atoms with E-state index >= 15 is 0 Å². The molecule has 1 atom stereocenters. The molecule has 0 heterocycles. The highest BCUT2D eigenvalue weighted by Gasteiger charge is 2.08. The molecule has 0 aliphatic carbocycles. The Hall–Kier alpha value is -1.64. The molecule has 1 aromatic carbocycles. The molecule has 0 saturated carbocycles. The molecule has 0 fully saturated rings. The highest BCUT2D eigenvalue weighted by Crippen LogP contribution is 2.08. The Kier molecular flexibility index (Phi) is 4.54. The van der Waals surface area contributed by atoms with Crippen LogP contribution in [-0.4, -0.2) is 18.7 Å². The summed E-state index contributed by atoms with van der Waals surface area (Å²) >= 11 is 0. The van der Waals surface area contributed by atoms with Crippen LogP contribution in [0.2, 0.25) is 0 Å². The zero-order chi connectivity index (χ0) is 11.1. The zero-order valence-corrected chi connectivity index (χ0v) is 8.68. The summed E-state index contributed by atoms with van der Waals surface area (Å²) in [5.74, 6) is 0.389. The van der Waals surface area contributed by atoms with Gasteiger partial charge in [-0.25, -0.2) is 0 Å². The summed E-state index contributed by atoms with van der Waals surface area (Å²) in [6.45, 7) is 1.75. The third kappa shape index (κ3) is 4.40. The van der Waals surface area contributed by atoms with Crippen molar-refractivity contribution >= 4 is 12.1 Å². The number of hydrogen-bond donors (Lipinski definition) is 0. The van der Waals surface area contributed by atoms with Gasteiger partial charge in [0.15, 0.2) is 5.78 Å². The minimum atomic E-state index is -0.225. The molecule has 0 aromatic heterocycles. The Balaban J connectivity index is 2.31. The van der Waals surface area contributed by atoms with E-state index in [1.807, 2.05) is 18.2 Å². The summed E-state index contributed by atoms with van der Waals surface area (Å²) in [5, 5.41) is 0. The zero-order valence-electron chi connectivity index (χ0n) is 8.68. The predicted molar refractivity (Wildman–Crippen MR) is 56.8 cm³/mol. The maximum Gasteiger partial charge on any atom is 0.170 e. The molecule has 1 rings (SSSR count). The topological polar surface area (TPSA) is 43.4 Å². The van der Waals surface area contributed by atoms with Gasteiger partial charge in [-0.05, 0) is 12.1 Å². The molecule has 80 valence electrons. The molecule has 0 aliphatic heterocycles. The monoisotopic (exact) mass is 206 g/mol. The van der Waals surface area contributed by atoms with Gasteiger partial charge in [-0.1, -0.05) is 25.1 Å². The van der Waals surface area contributed by atoms with Crippen molar-refractivity contribution in [2.24, 2.45) is 5.92 Å². The average Bonchev–Trinajstić information content (AvgIpc) is 2.27. The number of ketones is 1. The van der Waals surface area contributed by atoms with Crippen LogP contribution in [0.3, 0.4) is 0 Å². The molecule has 0 saturated heterocycles. The van der Waals surface area contributed by atoms with E-state index in [1.54, 1.807) is 19.1 Å². The Morgan fingerprint density at radius 2 is 2.07 bits per heavy atom. The van der Waals surface area contributed by atoms with Gasteiger partial charge in [0.2, 0.25) is 0 Å². The van der Waals surface area contributed by atoms with Crippen molar-refractivity contribution in [1.29, 1.82) is 0 Å². The van der Waals surface area contributed by atoms with E-state index in [0.29, 0.717) is 5.75 Å². The molecule has 3 heteroatoms. The van der Waals surface area contributed by atoms with Gasteiger partial charge in [-0.15, -0.1) is 0 Å². The number of benzene rings is 1. The van der Waals surface area contributed by atoms with Crippen LogP contribution in [0.15, 0.2) is 30.3 Å². The van der Waals surface area contributed by atoms with Crippen LogP contribution >= 0.6 is 0 Å². The molecule has 0 bridgehead atoms. The number of para-hydroxylation sites is 1. The minimum Gasteiger partial charge on any atom is -0.486 e. The molecule has 0 amide bonds. The SMILES string of the molecule is CC(C=O)CC(=O)COc1ccccc1. The van der Waals surface area contributed by atoms with E-state index < -0.39 is 0 Å². The molecule has 0 aliphatic rings. The third-order valence-corrected chi connectivity index (χ3v) is 1.92. The van der Waals surface area contributed by atoms with Crippen molar-refractivity contribution < 1.29 is 14.3 Å². The second kappa shape index (κ2) is 5.96. The van der Waals surface area contributed by atoms with Gasteiger partial charge >= 0.3 is 0 Å². The fraction of sp³-hybridized carbons (Fsp3) is 0.333. The standard InChI is InChI=1S/C12H14O3/c1-10(8-13)7-11(14)9-15-12-5-3-2-4-6-12/h2-6,8,10H,7,9H2,1H3. The van der Waals surface area contributed by atoms with Gasteiger partial charge in [0.05, 0.1) is 0 Å². The van der Waals surface area contributed by atoms with Gasteiger partial charge in [0.25, 0.3) is 0 Å². The van der Waals surface area contributed by atoms with E-state index in [0.717, 1.165) is 6.29 Å². The van der Waals surface area contributed by atoms with Crippen LogP contribution in [0.4, 0.5) is 0 Å². The molecule has 3 nitrogen and oxygen atoms in total. The second-order valence-electron chi connectivity index (χ2n) is 3.46. The third-order valence-electron chi connectivity index (χ3n) is 1.92. The number of rotatable bonds is 6. The Morgan fingerprint density at radius 1 is 1.40 bits per heavy atom. The molecule has 1 unspecified atom stereocenters. The highest BCUT2D eigenvalue weighted by molar-refractivity contribution is 5.82. The first kappa shape index (κ1) is 11.4. The van der Waals surface area contributed by atoms with E-state index in [9.17, 15) is 9.59 Å². The van der Waals surface area contributed by atoms with Crippen molar-refractivity contribution in [3.8, 4) is 5.75 Å². The first-order valence-corrected chi connectivity index (χ1v) is 4.87. The lowest BCUT2D eigenvalue weighted by atomic mass is 10.1. The van der Waals surface area contributed by atoms with Crippen LogP contribution in [0.1, 0.15) is 13.3 Å². The molecule has 0 radical (unpaired) electrons. The average molecular weight is 206 g/mol. The predicted octanol–water partition coefficient (Wildman–Crippen LogP) is 1.86. The van der Waals surface area contributed by atoms with Gasteiger partial charge in [0, 0.05) is 12.3 Å². The number of aldehydes is 1. The first-order valence-electron chi connectivity index (χ1n) is 4.87. The summed E-state index contributed by atoms with van der Waals surface area (Å²) in [4.78, 5) is 21.6. The van der Waals surface area contributed by atoms with Crippen molar-refractivity contribution in [1.82, 2.24) is 0 Å². The summed E-state index contributed by atoms with van der Waals surface area (Å²) in [5.41, 5.74) is 0. The molecule has 0 N–H and O–H groups in total. The van der Waals surface area contributed by atoms with Gasteiger partial charge in [-0.3, -0.25) is 4.79 Å².